The number of hydrogen-bond donors (Lipinski definition) is 0. The van der Waals surface area contributed by atoms with Crippen molar-refractivity contribution >= 4 is 27.9 Å². The number of amides is 1. The molecule has 0 aliphatic carbocycles. The average molecular weight is 697 g/mol. The number of benzene rings is 2. The number of aromatic nitrogens is 10. The van der Waals surface area contributed by atoms with Crippen LogP contribution in [0.3, 0.4) is 0 Å². The van der Waals surface area contributed by atoms with Gasteiger partial charge in [0.05, 0.1) is 13.1 Å². The Labute approximate surface area is 271 Å². The number of rotatable bonds is 8. The standard InChI is InChI=1S/C21H24FN7O2.C9H8BrFN4/c1-14-23-27-29(26-14)13-18-12-19(22)5-3-17(18)4-6-21(30)28-9-7-16(8-10-28)11-20-25-24-15(2)31-20;1-6-12-14-15(13-6)5-7-4-8(11)2-3-9(7)10/h3-6,12,16H,7-11,13H2,1-2H3;2-4H,5H2,1H3/b6-4+;. The monoisotopic (exact) mass is 695 g/mol. The number of halogens is 3. The third kappa shape index (κ3) is 9.15. The van der Waals surface area contributed by atoms with Crippen LogP contribution in [0.4, 0.5) is 8.78 Å². The second-order valence-corrected chi connectivity index (χ2v) is 11.7. The maximum Gasteiger partial charge on any atom is 0.246 e. The van der Waals surface area contributed by atoms with Crippen molar-refractivity contribution in [3.63, 3.8) is 0 Å². The highest BCUT2D eigenvalue weighted by Gasteiger charge is 2.23. The Kier molecular flexibility index (Phi) is 10.7. The summed E-state index contributed by atoms with van der Waals surface area (Å²) in [5, 5.41) is 31.4. The van der Waals surface area contributed by atoms with E-state index in [0.29, 0.717) is 54.5 Å². The van der Waals surface area contributed by atoms with Gasteiger partial charge < -0.3 is 9.32 Å². The van der Waals surface area contributed by atoms with Gasteiger partial charge in [-0.1, -0.05) is 22.0 Å². The predicted molar refractivity (Wildman–Crippen MR) is 165 cm³/mol. The van der Waals surface area contributed by atoms with Crippen LogP contribution in [0.1, 0.15) is 53.0 Å². The molecule has 240 valence electrons. The third-order valence-electron chi connectivity index (χ3n) is 7.20. The summed E-state index contributed by atoms with van der Waals surface area (Å²) >= 11 is 3.34. The highest BCUT2D eigenvalue weighted by atomic mass is 79.9. The van der Waals surface area contributed by atoms with Crippen LogP contribution in [-0.2, 0) is 24.3 Å². The Hall–Kier alpha value is -4.73. The molecule has 3 aromatic heterocycles. The Bertz CT molecular complexity index is 1810. The van der Waals surface area contributed by atoms with Gasteiger partial charge in [0, 0.05) is 37.0 Å². The van der Waals surface area contributed by atoms with Crippen LogP contribution in [0.2, 0.25) is 0 Å². The van der Waals surface area contributed by atoms with Gasteiger partial charge in [0.1, 0.15) is 11.6 Å². The molecule has 0 N–H and O–H groups in total. The molecule has 0 radical (unpaired) electrons. The quantitative estimate of drug-likeness (QED) is 0.216. The van der Waals surface area contributed by atoms with E-state index in [1.54, 1.807) is 45.1 Å². The number of carbonyl (C=O) groups excluding carboxylic acids is 1. The van der Waals surface area contributed by atoms with Crippen molar-refractivity contribution in [1.82, 2.24) is 55.5 Å². The van der Waals surface area contributed by atoms with Crippen molar-refractivity contribution in [2.45, 2.75) is 53.1 Å². The van der Waals surface area contributed by atoms with Crippen molar-refractivity contribution in [3.05, 3.63) is 98.7 Å². The van der Waals surface area contributed by atoms with Gasteiger partial charge in [-0.15, -0.1) is 30.6 Å². The summed E-state index contributed by atoms with van der Waals surface area (Å²) < 4.78 is 33.0. The SMILES string of the molecule is Cc1nnn(Cc2cc(F)ccc2/C=C/C(=O)N2CCC(Cc3nnc(C)o3)CC2)n1.Cc1nnn(Cc2cc(F)ccc2Br)n1. The Balaban J connectivity index is 0.000000232. The minimum atomic E-state index is -0.353. The number of nitrogens with zero attached hydrogens (tertiary/aromatic N) is 11. The molecule has 1 fully saturated rings. The molecule has 6 rings (SSSR count). The van der Waals surface area contributed by atoms with E-state index in [9.17, 15) is 13.6 Å². The summed E-state index contributed by atoms with van der Waals surface area (Å²) in [4.78, 5) is 17.3. The van der Waals surface area contributed by atoms with Gasteiger partial charge in [0.25, 0.3) is 0 Å². The molecule has 5 aromatic rings. The van der Waals surface area contributed by atoms with Gasteiger partial charge in [-0.25, -0.2) is 8.78 Å². The van der Waals surface area contributed by atoms with Gasteiger partial charge in [-0.2, -0.15) is 9.59 Å². The van der Waals surface area contributed by atoms with E-state index in [4.69, 9.17) is 4.42 Å². The van der Waals surface area contributed by atoms with Crippen LogP contribution in [-0.4, -0.2) is 74.5 Å². The van der Waals surface area contributed by atoms with Crippen molar-refractivity contribution in [2.24, 2.45) is 5.92 Å². The molecule has 1 amide bonds. The van der Waals surface area contributed by atoms with Crippen LogP contribution in [0.25, 0.3) is 6.08 Å². The number of tetrazole rings is 2. The molecule has 1 saturated heterocycles. The molecule has 0 unspecified atom stereocenters. The van der Waals surface area contributed by atoms with Crippen molar-refractivity contribution < 1.29 is 18.0 Å². The molecule has 0 saturated carbocycles. The van der Waals surface area contributed by atoms with E-state index in [1.165, 1.54) is 33.9 Å². The molecule has 46 heavy (non-hydrogen) atoms. The smallest absolute Gasteiger partial charge is 0.246 e. The normalized spacial score (nSPS) is 13.7. The van der Waals surface area contributed by atoms with Crippen molar-refractivity contribution in [1.29, 1.82) is 0 Å². The van der Waals surface area contributed by atoms with Gasteiger partial charge in [-0.3, -0.25) is 4.79 Å². The summed E-state index contributed by atoms with van der Waals surface area (Å²) in [6.45, 7) is 7.30. The zero-order valence-corrected chi connectivity index (χ0v) is 27.1. The number of carbonyl (C=O) groups is 1. The summed E-state index contributed by atoms with van der Waals surface area (Å²) in [7, 11) is 0. The van der Waals surface area contributed by atoms with Crippen LogP contribution in [0, 0.1) is 38.3 Å². The first-order valence-electron chi connectivity index (χ1n) is 14.6. The Morgan fingerprint density at radius 2 is 1.50 bits per heavy atom. The van der Waals surface area contributed by atoms with E-state index in [-0.39, 0.29) is 24.1 Å². The average Bonchev–Trinajstić information content (AvgIpc) is 3.76. The van der Waals surface area contributed by atoms with Gasteiger partial charge in [-0.05, 0) is 96.1 Å². The molecule has 0 spiro atoms. The summed E-state index contributed by atoms with van der Waals surface area (Å²) in [5.41, 5.74) is 2.20. The van der Waals surface area contributed by atoms with Gasteiger partial charge in [0.2, 0.25) is 17.7 Å². The van der Waals surface area contributed by atoms with Crippen molar-refractivity contribution in [3.8, 4) is 0 Å². The van der Waals surface area contributed by atoms with E-state index in [1.807, 2.05) is 4.90 Å². The molecule has 0 atom stereocenters. The largest absolute Gasteiger partial charge is 0.426 e. The summed E-state index contributed by atoms with van der Waals surface area (Å²) in [6, 6.07) is 8.95. The maximum atomic E-state index is 13.8. The molecule has 13 nitrogen and oxygen atoms in total. The third-order valence-corrected chi connectivity index (χ3v) is 7.98. The lowest BCUT2D eigenvalue weighted by atomic mass is 9.93. The zero-order valence-electron chi connectivity index (χ0n) is 25.5. The number of piperidine rings is 1. The highest BCUT2D eigenvalue weighted by Crippen LogP contribution is 2.22. The molecule has 2 aromatic carbocycles. The van der Waals surface area contributed by atoms with E-state index >= 15 is 0 Å². The van der Waals surface area contributed by atoms with Crippen LogP contribution in [0.5, 0.6) is 0 Å². The molecule has 1 aliphatic heterocycles. The van der Waals surface area contributed by atoms with Crippen LogP contribution in [0.15, 0.2) is 51.4 Å². The van der Waals surface area contributed by atoms with E-state index in [0.717, 1.165) is 34.9 Å². The minimum absolute atomic E-state index is 0.0583. The second-order valence-electron chi connectivity index (χ2n) is 10.8. The first-order chi connectivity index (χ1) is 22.1. The zero-order chi connectivity index (χ0) is 32.6. The fraction of sp³-hybridized carbons (Fsp3) is 0.367. The second kappa shape index (κ2) is 15.0. The van der Waals surface area contributed by atoms with Crippen LogP contribution < -0.4 is 0 Å². The Morgan fingerprint density at radius 1 is 0.891 bits per heavy atom. The molecule has 1 aliphatic rings. The number of aryl methyl sites for hydroxylation is 3. The number of hydrogen-bond acceptors (Lipinski definition) is 10. The Morgan fingerprint density at radius 3 is 2.09 bits per heavy atom. The highest BCUT2D eigenvalue weighted by molar-refractivity contribution is 9.10. The lowest BCUT2D eigenvalue weighted by molar-refractivity contribution is -0.127. The fourth-order valence-electron chi connectivity index (χ4n) is 4.91. The summed E-state index contributed by atoms with van der Waals surface area (Å²) in [6.07, 6.45) is 5.78. The molecular formula is C30H32BrF2N11O2. The van der Waals surface area contributed by atoms with Crippen LogP contribution >= 0.6 is 15.9 Å². The first-order valence-corrected chi connectivity index (χ1v) is 15.4. The van der Waals surface area contributed by atoms with E-state index in [2.05, 4.69) is 56.9 Å². The molecule has 0 bridgehead atoms. The minimum Gasteiger partial charge on any atom is -0.426 e. The molecule has 16 heteroatoms. The first kappa shape index (κ1) is 32.7. The molecular weight excluding hydrogens is 664 g/mol. The topological polar surface area (TPSA) is 146 Å². The lowest BCUT2D eigenvalue weighted by Crippen LogP contribution is -2.38. The van der Waals surface area contributed by atoms with Gasteiger partial charge in [0.15, 0.2) is 11.6 Å². The van der Waals surface area contributed by atoms with Crippen molar-refractivity contribution in [2.75, 3.05) is 13.1 Å². The fourth-order valence-corrected chi connectivity index (χ4v) is 5.29. The van der Waals surface area contributed by atoms with E-state index < -0.39 is 0 Å². The summed E-state index contributed by atoms with van der Waals surface area (Å²) in [5.74, 6) is 2.11. The molecule has 4 heterocycles. The lowest BCUT2D eigenvalue weighted by Gasteiger charge is -2.30. The predicted octanol–water partition coefficient (Wildman–Crippen LogP) is 4.29. The van der Waals surface area contributed by atoms with Gasteiger partial charge >= 0.3 is 0 Å². The number of likely N-dealkylation sites (tertiary alicyclic amines) is 1. The maximum absolute atomic E-state index is 13.8.